The van der Waals surface area contributed by atoms with Crippen molar-refractivity contribution in [2.45, 2.75) is 32.5 Å². The molecule has 1 aromatic carbocycles. The molecule has 18 heavy (non-hydrogen) atoms. The van der Waals surface area contributed by atoms with E-state index in [1.165, 1.54) is 41.5 Å². The van der Waals surface area contributed by atoms with Crippen molar-refractivity contribution < 1.29 is 0 Å². The Labute approximate surface area is 110 Å². The molecule has 0 amide bonds. The fourth-order valence-corrected chi connectivity index (χ4v) is 4.63. The van der Waals surface area contributed by atoms with Crippen LogP contribution in [0.5, 0.6) is 0 Å². The van der Waals surface area contributed by atoms with Crippen LogP contribution in [0.25, 0.3) is 10.9 Å². The average molecular weight is 256 g/mol. The summed E-state index contributed by atoms with van der Waals surface area (Å²) in [4.78, 5) is 4.64. The van der Waals surface area contributed by atoms with Crippen molar-refractivity contribution in [2.75, 3.05) is 11.1 Å². The summed E-state index contributed by atoms with van der Waals surface area (Å²) < 4.78 is 2.65. The Balaban J connectivity index is 2.28. The molecular weight excluding hydrogens is 236 g/mol. The van der Waals surface area contributed by atoms with Gasteiger partial charge in [-0.2, -0.15) is 0 Å². The van der Waals surface area contributed by atoms with Crippen LogP contribution in [0.15, 0.2) is 30.5 Å². The minimum atomic E-state index is -1.33. The number of hydrogen-bond donors (Lipinski definition) is 0. The van der Waals surface area contributed by atoms with Gasteiger partial charge < -0.3 is 4.57 Å². The summed E-state index contributed by atoms with van der Waals surface area (Å²) in [5.74, 6) is 0. The molecule has 0 spiro atoms. The molecule has 1 aromatic heterocycles. The van der Waals surface area contributed by atoms with Gasteiger partial charge in [0.1, 0.15) is 8.24 Å². The lowest BCUT2D eigenvalue weighted by Crippen LogP contribution is -2.48. The largest absolute Gasteiger partial charge is 0.396 e. The third-order valence-corrected chi connectivity index (χ3v) is 5.81. The number of benzene rings is 1. The Kier molecular flexibility index (Phi) is 2.66. The molecule has 1 aliphatic heterocycles. The number of aryl methyl sites for hydroxylation is 1. The number of fused-ring (bicyclic) bond motifs is 3. The second-order valence-electron chi connectivity index (χ2n) is 6.07. The van der Waals surface area contributed by atoms with Crippen molar-refractivity contribution in [2.24, 2.45) is 0 Å². The molecule has 0 saturated carbocycles. The van der Waals surface area contributed by atoms with Gasteiger partial charge in [-0.05, 0) is 24.5 Å². The Morgan fingerprint density at radius 2 is 2.00 bits per heavy atom. The first-order valence-electron chi connectivity index (χ1n) is 6.71. The van der Waals surface area contributed by atoms with Crippen LogP contribution in [-0.4, -0.2) is 19.8 Å². The van der Waals surface area contributed by atoms with Gasteiger partial charge in [0, 0.05) is 18.1 Å². The van der Waals surface area contributed by atoms with E-state index in [2.05, 4.69) is 47.4 Å². The maximum absolute atomic E-state index is 4.64. The SMILES string of the molecule is C[Si](C)(C)N1CCCc2ccc3cccnc3c21. The number of pyridine rings is 1. The Morgan fingerprint density at radius 3 is 2.78 bits per heavy atom. The summed E-state index contributed by atoms with van der Waals surface area (Å²) in [5.41, 5.74) is 4.09. The summed E-state index contributed by atoms with van der Waals surface area (Å²) in [6, 6.07) is 8.70. The monoisotopic (exact) mass is 256 g/mol. The summed E-state index contributed by atoms with van der Waals surface area (Å²) in [5, 5.41) is 1.27. The Bertz CT molecular complexity index is 587. The smallest absolute Gasteiger partial charge is 0.147 e. The average Bonchev–Trinajstić information content (AvgIpc) is 2.36. The highest BCUT2D eigenvalue weighted by molar-refractivity contribution is 6.80. The minimum Gasteiger partial charge on any atom is -0.396 e. The maximum Gasteiger partial charge on any atom is 0.147 e. The van der Waals surface area contributed by atoms with Crippen molar-refractivity contribution in [1.82, 2.24) is 4.98 Å². The van der Waals surface area contributed by atoms with Crippen LogP contribution in [0.4, 0.5) is 5.69 Å². The van der Waals surface area contributed by atoms with Gasteiger partial charge in [-0.25, -0.2) is 0 Å². The van der Waals surface area contributed by atoms with E-state index in [4.69, 9.17) is 0 Å². The lowest BCUT2D eigenvalue weighted by atomic mass is 10.0. The van der Waals surface area contributed by atoms with Crippen LogP contribution in [0.1, 0.15) is 12.0 Å². The van der Waals surface area contributed by atoms with Crippen molar-refractivity contribution in [1.29, 1.82) is 0 Å². The summed E-state index contributed by atoms with van der Waals surface area (Å²) in [6.45, 7) is 8.45. The van der Waals surface area contributed by atoms with Crippen molar-refractivity contribution >= 4 is 24.8 Å². The molecular formula is C15H20N2Si. The Morgan fingerprint density at radius 1 is 1.17 bits per heavy atom. The van der Waals surface area contributed by atoms with E-state index >= 15 is 0 Å². The molecule has 94 valence electrons. The number of aromatic nitrogens is 1. The van der Waals surface area contributed by atoms with E-state index in [1.807, 2.05) is 12.3 Å². The molecule has 3 rings (SSSR count). The predicted octanol–water partition coefficient (Wildman–Crippen LogP) is 3.82. The molecule has 3 heteroatoms. The van der Waals surface area contributed by atoms with E-state index in [0.29, 0.717) is 0 Å². The predicted molar refractivity (Wildman–Crippen MR) is 80.8 cm³/mol. The highest BCUT2D eigenvalue weighted by Crippen LogP contribution is 2.36. The van der Waals surface area contributed by atoms with Gasteiger partial charge in [-0.1, -0.05) is 37.8 Å². The quantitative estimate of drug-likeness (QED) is 0.721. The molecule has 0 fully saturated rings. The number of anilines is 1. The van der Waals surface area contributed by atoms with E-state index in [-0.39, 0.29) is 0 Å². The second-order valence-corrected chi connectivity index (χ2v) is 11.0. The summed E-state index contributed by atoms with van der Waals surface area (Å²) in [6.07, 6.45) is 4.39. The first-order valence-corrected chi connectivity index (χ1v) is 10.2. The van der Waals surface area contributed by atoms with Gasteiger partial charge in [0.2, 0.25) is 0 Å². The minimum absolute atomic E-state index is 1.19. The summed E-state index contributed by atoms with van der Waals surface area (Å²) in [7, 11) is -1.33. The van der Waals surface area contributed by atoms with E-state index in [0.717, 1.165) is 0 Å². The van der Waals surface area contributed by atoms with Gasteiger partial charge in [-0.15, -0.1) is 0 Å². The van der Waals surface area contributed by atoms with Crippen molar-refractivity contribution in [3.05, 3.63) is 36.0 Å². The molecule has 2 nitrogen and oxygen atoms in total. The zero-order chi connectivity index (χ0) is 12.8. The molecule has 0 bridgehead atoms. The standard InChI is InChI=1S/C15H20N2Si/c1-18(2,3)17-11-5-7-13-9-8-12-6-4-10-16-14(12)15(13)17/h4,6,8-10H,5,7,11H2,1-3H3. The molecule has 0 N–H and O–H groups in total. The first kappa shape index (κ1) is 11.7. The van der Waals surface area contributed by atoms with E-state index < -0.39 is 8.24 Å². The fourth-order valence-electron chi connectivity index (χ4n) is 2.88. The van der Waals surface area contributed by atoms with Crippen molar-refractivity contribution in [3.8, 4) is 0 Å². The lowest BCUT2D eigenvalue weighted by Gasteiger charge is -2.41. The zero-order valence-corrected chi connectivity index (χ0v) is 12.4. The normalized spacial score (nSPS) is 15.8. The van der Waals surface area contributed by atoms with Crippen molar-refractivity contribution in [3.63, 3.8) is 0 Å². The first-order chi connectivity index (χ1) is 8.57. The molecule has 0 saturated heterocycles. The van der Waals surface area contributed by atoms with Crippen LogP contribution >= 0.6 is 0 Å². The third kappa shape index (κ3) is 1.83. The van der Waals surface area contributed by atoms with Crippen LogP contribution in [0.3, 0.4) is 0 Å². The van der Waals surface area contributed by atoms with Gasteiger partial charge >= 0.3 is 0 Å². The summed E-state index contributed by atoms with van der Waals surface area (Å²) >= 11 is 0. The van der Waals surface area contributed by atoms with E-state index in [9.17, 15) is 0 Å². The second kappa shape index (κ2) is 4.09. The fraction of sp³-hybridized carbons (Fsp3) is 0.400. The number of hydrogen-bond acceptors (Lipinski definition) is 2. The van der Waals surface area contributed by atoms with Gasteiger partial charge in [-0.3, -0.25) is 4.98 Å². The van der Waals surface area contributed by atoms with Gasteiger partial charge in [0.15, 0.2) is 0 Å². The lowest BCUT2D eigenvalue weighted by molar-refractivity contribution is 0.781. The van der Waals surface area contributed by atoms with E-state index in [1.54, 1.807) is 0 Å². The third-order valence-electron chi connectivity index (χ3n) is 3.74. The number of rotatable bonds is 1. The van der Waals surface area contributed by atoms with Crippen LogP contribution in [0.2, 0.25) is 19.6 Å². The molecule has 0 unspecified atom stereocenters. The molecule has 0 aliphatic carbocycles. The molecule has 0 atom stereocenters. The molecule has 2 heterocycles. The zero-order valence-electron chi connectivity index (χ0n) is 11.4. The number of nitrogens with zero attached hydrogens (tertiary/aromatic N) is 2. The van der Waals surface area contributed by atoms with Gasteiger partial charge in [0.05, 0.1) is 11.2 Å². The van der Waals surface area contributed by atoms with Crippen LogP contribution in [-0.2, 0) is 6.42 Å². The van der Waals surface area contributed by atoms with Crippen LogP contribution < -0.4 is 4.57 Å². The highest BCUT2D eigenvalue weighted by atomic mass is 28.3. The highest BCUT2D eigenvalue weighted by Gasteiger charge is 2.29. The molecule has 0 radical (unpaired) electrons. The van der Waals surface area contributed by atoms with Gasteiger partial charge in [0.25, 0.3) is 0 Å². The Hall–Kier alpha value is -1.35. The topological polar surface area (TPSA) is 16.1 Å². The maximum atomic E-state index is 4.64. The molecule has 2 aromatic rings. The van der Waals surface area contributed by atoms with Crippen LogP contribution in [0, 0.1) is 0 Å². The molecule has 1 aliphatic rings.